The highest BCUT2D eigenvalue weighted by molar-refractivity contribution is 7.91. The van der Waals surface area contributed by atoms with Gasteiger partial charge in [0.1, 0.15) is 0 Å². The van der Waals surface area contributed by atoms with E-state index in [0.717, 1.165) is 0 Å². The number of sulfone groups is 1. The van der Waals surface area contributed by atoms with Crippen molar-refractivity contribution in [3.63, 3.8) is 0 Å². The molecule has 1 atom stereocenters. The van der Waals surface area contributed by atoms with E-state index >= 15 is 0 Å². The Hall–Kier alpha value is -1.31. The molecule has 1 aliphatic rings. The lowest BCUT2D eigenvalue weighted by molar-refractivity contribution is 0.0205. The first-order valence-electron chi connectivity index (χ1n) is 5.94. The Morgan fingerprint density at radius 3 is 2.83 bits per heavy atom. The van der Waals surface area contributed by atoms with Gasteiger partial charge in [-0.15, -0.1) is 11.8 Å². The summed E-state index contributed by atoms with van der Waals surface area (Å²) in [6, 6.07) is 6.72. The maximum absolute atomic E-state index is 12.0. The van der Waals surface area contributed by atoms with Gasteiger partial charge in [-0.1, -0.05) is 18.2 Å². The number of benzene rings is 1. The highest BCUT2D eigenvalue weighted by atomic mass is 32.2. The van der Waals surface area contributed by atoms with Crippen LogP contribution in [0.4, 0.5) is 0 Å². The van der Waals surface area contributed by atoms with Gasteiger partial charge in [0.2, 0.25) is 0 Å². The van der Waals surface area contributed by atoms with Crippen LogP contribution in [0.1, 0.15) is 31.7 Å². The Morgan fingerprint density at radius 1 is 1.39 bits per heavy atom. The Kier molecular flexibility index (Phi) is 3.47. The zero-order valence-electron chi connectivity index (χ0n) is 10.3. The first-order valence-corrected chi connectivity index (χ1v) is 7.59. The molecule has 0 amide bonds. The molecule has 1 heterocycles. The SMILES string of the molecule is CC#CCCC1(O)CCS(=O)(=O)c2ccccc21. The Labute approximate surface area is 108 Å². The highest BCUT2D eigenvalue weighted by Crippen LogP contribution is 2.39. The molecule has 0 saturated carbocycles. The van der Waals surface area contributed by atoms with Gasteiger partial charge in [-0.05, 0) is 25.8 Å². The quantitative estimate of drug-likeness (QED) is 0.829. The van der Waals surface area contributed by atoms with Crippen molar-refractivity contribution in [2.75, 3.05) is 5.75 Å². The molecule has 0 bridgehead atoms. The molecule has 0 spiro atoms. The molecule has 0 radical (unpaired) electrons. The number of hydrogen-bond donors (Lipinski definition) is 1. The third-order valence-electron chi connectivity index (χ3n) is 3.35. The van der Waals surface area contributed by atoms with Gasteiger partial charge < -0.3 is 5.11 Å². The highest BCUT2D eigenvalue weighted by Gasteiger charge is 2.39. The molecule has 1 aliphatic heterocycles. The standard InChI is InChI=1S/C14H16O3S/c1-2-3-6-9-14(15)10-11-18(16,17)13-8-5-4-7-12(13)14/h4-5,7-8,15H,6,9-11H2,1H3. The predicted molar refractivity (Wildman–Crippen MR) is 69.7 cm³/mol. The van der Waals surface area contributed by atoms with Crippen LogP contribution in [-0.4, -0.2) is 19.3 Å². The van der Waals surface area contributed by atoms with E-state index in [2.05, 4.69) is 11.8 Å². The molecule has 1 N–H and O–H groups in total. The van der Waals surface area contributed by atoms with E-state index in [4.69, 9.17) is 0 Å². The smallest absolute Gasteiger partial charge is 0.178 e. The van der Waals surface area contributed by atoms with Crippen LogP contribution >= 0.6 is 0 Å². The van der Waals surface area contributed by atoms with Gasteiger partial charge in [0.15, 0.2) is 9.84 Å². The normalized spacial score (nSPS) is 24.8. The Bertz CT molecular complexity index is 607. The van der Waals surface area contributed by atoms with Gasteiger partial charge in [-0.2, -0.15) is 0 Å². The second-order valence-electron chi connectivity index (χ2n) is 4.52. The van der Waals surface area contributed by atoms with E-state index in [1.807, 2.05) is 0 Å². The molecular formula is C14H16O3S. The summed E-state index contributed by atoms with van der Waals surface area (Å²) in [6.07, 6.45) is 1.29. The number of aliphatic hydroxyl groups is 1. The molecule has 0 aromatic heterocycles. The van der Waals surface area contributed by atoms with E-state index in [-0.39, 0.29) is 17.1 Å². The summed E-state index contributed by atoms with van der Waals surface area (Å²) in [5.41, 5.74) is -0.541. The van der Waals surface area contributed by atoms with Crippen LogP contribution in [0.5, 0.6) is 0 Å². The molecule has 0 saturated heterocycles. The Balaban J connectivity index is 2.43. The zero-order valence-corrected chi connectivity index (χ0v) is 11.1. The minimum Gasteiger partial charge on any atom is -0.385 e. The summed E-state index contributed by atoms with van der Waals surface area (Å²) in [5, 5.41) is 10.7. The minimum atomic E-state index is -3.24. The van der Waals surface area contributed by atoms with Gasteiger partial charge in [-0.3, -0.25) is 0 Å². The molecular weight excluding hydrogens is 248 g/mol. The third kappa shape index (κ3) is 2.29. The van der Waals surface area contributed by atoms with Crippen molar-refractivity contribution in [2.45, 2.75) is 36.7 Å². The number of rotatable bonds is 2. The minimum absolute atomic E-state index is 0.0000664. The predicted octanol–water partition coefficient (Wildman–Crippen LogP) is 1.86. The van der Waals surface area contributed by atoms with Crippen molar-refractivity contribution in [3.05, 3.63) is 29.8 Å². The van der Waals surface area contributed by atoms with E-state index in [0.29, 0.717) is 18.4 Å². The van der Waals surface area contributed by atoms with E-state index in [1.165, 1.54) is 0 Å². The van der Waals surface area contributed by atoms with Crippen molar-refractivity contribution in [1.29, 1.82) is 0 Å². The monoisotopic (exact) mass is 264 g/mol. The first-order chi connectivity index (χ1) is 8.49. The van der Waals surface area contributed by atoms with Crippen molar-refractivity contribution in [1.82, 2.24) is 0 Å². The van der Waals surface area contributed by atoms with Crippen LogP contribution in [0.15, 0.2) is 29.2 Å². The molecule has 4 heteroatoms. The summed E-state index contributed by atoms with van der Waals surface area (Å²) in [6.45, 7) is 1.75. The maximum Gasteiger partial charge on any atom is 0.178 e. The summed E-state index contributed by atoms with van der Waals surface area (Å²) in [5.74, 6) is 5.70. The molecule has 2 rings (SSSR count). The number of hydrogen-bond acceptors (Lipinski definition) is 3. The van der Waals surface area contributed by atoms with Crippen LogP contribution < -0.4 is 0 Å². The van der Waals surface area contributed by atoms with Crippen LogP contribution in [0, 0.1) is 11.8 Å². The second kappa shape index (κ2) is 4.75. The number of fused-ring (bicyclic) bond motifs is 1. The van der Waals surface area contributed by atoms with E-state index in [1.54, 1.807) is 31.2 Å². The van der Waals surface area contributed by atoms with Crippen molar-refractivity contribution in [3.8, 4) is 11.8 Å². The summed E-state index contributed by atoms with van der Waals surface area (Å²) in [7, 11) is -3.24. The van der Waals surface area contributed by atoms with Gasteiger partial charge in [-0.25, -0.2) is 8.42 Å². The van der Waals surface area contributed by atoms with Crippen LogP contribution in [0.25, 0.3) is 0 Å². The molecule has 0 aliphatic carbocycles. The largest absolute Gasteiger partial charge is 0.385 e. The molecule has 96 valence electrons. The summed E-state index contributed by atoms with van der Waals surface area (Å²) >= 11 is 0. The fourth-order valence-corrected chi connectivity index (χ4v) is 4.03. The fourth-order valence-electron chi connectivity index (χ4n) is 2.32. The van der Waals surface area contributed by atoms with Crippen LogP contribution in [0.3, 0.4) is 0 Å². The Morgan fingerprint density at radius 2 is 2.11 bits per heavy atom. The second-order valence-corrected chi connectivity index (χ2v) is 6.60. The molecule has 1 aromatic carbocycles. The summed E-state index contributed by atoms with van der Waals surface area (Å²) < 4.78 is 23.9. The van der Waals surface area contributed by atoms with Crippen molar-refractivity contribution >= 4 is 9.84 Å². The maximum atomic E-state index is 12.0. The zero-order chi connectivity index (χ0) is 13.2. The third-order valence-corrected chi connectivity index (χ3v) is 5.12. The van der Waals surface area contributed by atoms with Gasteiger partial charge in [0, 0.05) is 12.0 Å². The molecule has 18 heavy (non-hydrogen) atoms. The molecule has 1 unspecified atom stereocenters. The van der Waals surface area contributed by atoms with E-state index in [9.17, 15) is 13.5 Å². The van der Waals surface area contributed by atoms with Crippen molar-refractivity contribution in [2.24, 2.45) is 0 Å². The van der Waals surface area contributed by atoms with Gasteiger partial charge in [0.25, 0.3) is 0 Å². The lowest BCUT2D eigenvalue weighted by atomic mass is 9.86. The first kappa shape index (κ1) is 13.1. The molecule has 0 fully saturated rings. The molecule has 3 nitrogen and oxygen atoms in total. The summed E-state index contributed by atoms with van der Waals surface area (Å²) in [4.78, 5) is 0.267. The lowest BCUT2D eigenvalue weighted by Gasteiger charge is -2.33. The van der Waals surface area contributed by atoms with Crippen LogP contribution in [0.2, 0.25) is 0 Å². The van der Waals surface area contributed by atoms with Crippen molar-refractivity contribution < 1.29 is 13.5 Å². The topological polar surface area (TPSA) is 54.4 Å². The molecule has 1 aromatic rings. The van der Waals surface area contributed by atoms with Crippen LogP contribution in [-0.2, 0) is 15.4 Å². The average molecular weight is 264 g/mol. The van der Waals surface area contributed by atoms with E-state index < -0.39 is 15.4 Å². The fraction of sp³-hybridized carbons (Fsp3) is 0.429. The van der Waals surface area contributed by atoms with Gasteiger partial charge in [0.05, 0.1) is 16.2 Å². The van der Waals surface area contributed by atoms with Gasteiger partial charge >= 0.3 is 0 Å². The average Bonchev–Trinajstić information content (AvgIpc) is 2.36. The lowest BCUT2D eigenvalue weighted by Crippen LogP contribution is -2.35.